The van der Waals surface area contributed by atoms with E-state index < -0.39 is 5.54 Å². The van der Waals surface area contributed by atoms with E-state index in [9.17, 15) is 9.59 Å². The van der Waals surface area contributed by atoms with Crippen molar-refractivity contribution in [3.8, 4) is 0 Å². The van der Waals surface area contributed by atoms with E-state index in [-0.39, 0.29) is 18.2 Å². The average molecular weight is 249 g/mol. The molecule has 0 aliphatic heterocycles. The molecule has 0 atom stereocenters. The van der Waals surface area contributed by atoms with Crippen molar-refractivity contribution in [3.63, 3.8) is 0 Å². The molecule has 5 nitrogen and oxygen atoms in total. The molecule has 1 aromatic carbocycles. The molecule has 0 aromatic heterocycles. The fourth-order valence-electron chi connectivity index (χ4n) is 1.53. The number of hydrogen-bond acceptors (Lipinski definition) is 3. The number of carbonyl (C=O) groups is 2. The minimum Gasteiger partial charge on any atom is -0.355 e. The maximum absolute atomic E-state index is 11.8. The van der Waals surface area contributed by atoms with Crippen molar-refractivity contribution in [2.24, 2.45) is 5.73 Å². The number of para-hydroxylation sites is 1. The summed E-state index contributed by atoms with van der Waals surface area (Å²) in [6.07, 6.45) is 0.190. The van der Waals surface area contributed by atoms with E-state index in [2.05, 4.69) is 10.6 Å². The smallest absolute Gasteiger partial charge is 0.253 e. The van der Waals surface area contributed by atoms with Gasteiger partial charge in [0.15, 0.2) is 0 Å². The summed E-state index contributed by atoms with van der Waals surface area (Å²) >= 11 is 0. The lowest BCUT2D eigenvalue weighted by molar-refractivity contribution is -0.117. The maximum Gasteiger partial charge on any atom is 0.253 e. The summed E-state index contributed by atoms with van der Waals surface area (Å²) < 4.78 is 0. The first-order valence-electron chi connectivity index (χ1n) is 5.73. The van der Waals surface area contributed by atoms with Gasteiger partial charge >= 0.3 is 0 Å². The lowest BCUT2D eigenvalue weighted by Crippen LogP contribution is -2.36. The van der Waals surface area contributed by atoms with Crippen LogP contribution in [0, 0.1) is 0 Å². The Balaban J connectivity index is 2.85. The molecule has 0 bridgehead atoms. The Bertz CT molecular complexity index is 450. The van der Waals surface area contributed by atoms with Crippen molar-refractivity contribution < 1.29 is 9.59 Å². The molecule has 0 radical (unpaired) electrons. The second kappa shape index (κ2) is 5.64. The molecule has 1 aromatic rings. The predicted molar refractivity (Wildman–Crippen MR) is 71.3 cm³/mol. The fraction of sp³-hybridized carbons (Fsp3) is 0.385. The molecule has 0 fully saturated rings. The molecule has 0 saturated heterocycles. The zero-order chi connectivity index (χ0) is 13.8. The van der Waals surface area contributed by atoms with Crippen LogP contribution in [0.25, 0.3) is 0 Å². The Labute approximate surface area is 107 Å². The molecule has 0 saturated carbocycles. The van der Waals surface area contributed by atoms with E-state index in [4.69, 9.17) is 5.73 Å². The number of anilines is 1. The first kappa shape index (κ1) is 14.2. The molecule has 0 heterocycles. The molecule has 2 amide bonds. The normalized spacial score (nSPS) is 10.9. The Morgan fingerprint density at radius 2 is 1.89 bits per heavy atom. The van der Waals surface area contributed by atoms with Crippen molar-refractivity contribution in [2.75, 3.05) is 12.4 Å². The van der Waals surface area contributed by atoms with Gasteiger partial charge in [0.2, 0.25) is 5.91 Å². The summed E-state index contributed by atoms with van der Waals surface area (Å²) in [6.45, 7) is 3.55. The Morgan fingerprint density at radius 3 is 2.44 bits per heavy atom. The van der Waals surface area contributed by atoms with Crippen LogP contribution in [0.5, 0.6) is 0 Å². The second-order valence-corrected chi connectivity index (χ2v) is 4.84. The third-order valence-corrected chi connectivity index (χ3v) is 2.29. The first-order chi connectivity index (χ1) is 8.33. The summed E-state index contributed by atoms with van der Waals surface area (Å²) in [6, 6.07) is 6.84. The zero-order valence-electron chi connectivity index (χ0n) is 10.9. The van der Waals surface area contributed by atoms with Crippen LogP contribution < -0.4 is 16.4 Å². The minimum atomic E-state index is -0.577. The third kappa shape index (κ3) is 4.18. The molecular formula is C13H19N3O2. The monoisotopic (exact) mass is 249 g/mol. The lowest BCUT2D eigenvalue weighted by Gasteiger charge is -2.18. The number of nitrogens with one attached hydrogen (secondary N) is 2. The van der Waals surface area contributed by atoms with Crippen LogP contribution >= 0.6 is 0 Å². The standard InChI is InChI=1S/C13H19N3O2/c1-13(2,14)8-11(17)16-10-7-5-4-6-9(10)12(18)15-3/h4-7H,8,14H2,1-3H3,(H,15,18)(H,16,17). The molecule has 1 rings (SSSR count). The molecule has 0 aliphatic rings. The first-order valence-corrected chi connectivity index (χ1v) is 5.73. The van der Waals surface area contributed by atoms with E-state index in [0.29, 0.717) is 11.3 Å². The van der Waals surface area contributed by atoms with Crippen LogP contribution in [0.2, 0.25) is 0 Å². The summed E-state index contributed by atoms with van der Waals surface area (Å²) in [4.78, 5) is 23.4. The summed E-state index contributed by atoms with van der Waals surface area (Å²) in [7, 11) is 1.55. The molecule has 5 heteroatoms. The van der Waals surface area contributed by atoms with Crippen LogP contribution in [-0.4, -0.2) is 24.4 Å². The summed E-state index contributed by atoms with van der Waals surface area (Å²) in [5, 5.41) is 5.23. The van der Waals surface area contributed by atoms with Gasteiger partial charge in [0.1, 0.15) is 0 Å². The van der Waals surface area contributed by atoms with Gasteiger partial charge < -0.3 is 16.4 Å². The Kier molecular flexibility index (Phi) is 4.44. The lowest BCUT2D eigenvalue weighted by atomic mass is 10.0. The van der Waals surface area contributed by atoms with E-state index in [0.717, 1.165) is 0 Å². The number of benzene rings is 1. The summed E-state index contributed by atoms with van der Waals surface area (Å²) in [5.74, 6) is -0.447. The van der Waals surface area contributed by atoms with E-state index in [1.165, 1.54) is 0 Å². The van der Waals surface area contributed by atoms with Crippen LogP contribution in [0.3, 0.4) is 0 Å². The predicted octanol–water partition coefficient (Wildman–Crippen LogP) is 1.11. The Hall–Kier alpha value is -1.88. The largest absolute Gasteiger partial charge is 0.355 e. The van der Waals surface area contributed by atoms with Gasteiger partial charge in [-0.2, -0.15) is 0 Å². The van der Waals surface area contributed by atoms with Gasteiger partial charge in [-0.05, 0) is 26.0 Å². The fourth-order valence-corrected chi connectivity index (χ4v) is 1.53. The topological polar surface area (TPSA) is 84.2 Å². The molecule has 0 aliphatic carbocycles. The van der Waals surface area contributed by atoms with Gasteiger partial charge in [-0.25, -0.2) is 0 Å². The molecule has 98 valence electrons. The van der Waals surface area contributed by atoms with E-state index in [1.54, 1.807) is 45.2 Å². The van der Waals surface area contributed by atoms with Crippen LogP contribution in [-0.2, 0) is 4.79 Å². The minimum absolute atomic E-state index is 0.190. The van der Waals surface area contributed by atoms with Gasteiger partial charge in [0.25, 0.3) is 5.91 Å². The number of rotatable bonds is 4. The molecule has 0 unspecified atom stereocenters. The van der Waals surface area contributed by atoms with Gasteiger partial charge in [-0.1, -0.05) is 12.1 Å². The third-order valence-electron chi connectivity index (χ3n) is 2.29. The van der Waals surface area contributed by atoms with Gasteiger partial charge in [0, 0.05) is 19.0 Å². The highest BCUT2D eigenvalue weighted by Gasteiger charge is 2.18. The zero-order valence-corrected chi connectivity index (χ0v) is 10.9. The molecular weight excluding hydrogens is 230 g/mol. The number of carbonyl (C=O) groups excluding carboxylic acids is 2. The molecule has 18 heavy (non-hydrogen) atoms. The van der Waals surface area contributed by atoms with Gasteiger partial charge in [-0.15, -0.1) is 0 Å². The molecule has 4 N–H and O–H groups in total. The SMILES string of the molecule is CNC(=O)c1ccccc1NC(=O)CC(C)(C)N. The van der Waals surface area contributed by atoms with Gasteiger partial charge in [-0.3, -0.25) is 9.59 Å². The maximum atomic E-state index is 11.8. The van der Waals surface area contributed by atoms with Crippen molar-refractivity contribution in [2.45, 2.75) is 25.8 Å². The number of nitrogens with two attached hydrogens (primary N) is 1. The van der Waals surface area contributed by atoms with Crippen molar-refractivity contribution in [1.29, 1.82) is 0 Å². The van der Waals surface area contributed by atoms with Crippen molar-refractivity contribution >= 4 is 17.5 Å². The Morgan fingerprint density at radius 1 is 1.28 bits per heavy atom. The number of hydrogen-bond donors (Lipinski definition) is 3. The van der Waals surface area contributed by atoms with Crippen LogP contribution in [0.4, 0.5) is 5.69 Å². The summed E-state index contributed by atoms with van der Waals surface area (Å²) in [5.41, 5.74) is 6.12. The van der Waals surface area contributed by atoms with Crippen molar-refractivity contribution in [1.82, 2.24) is 5.32 Å². The van der Waals surface area contributed by atoms with Crippen LogP contribution in [0.1, 0.15) is 30.6 Å². The van der Waals surface area contributed by atoms with Crippen LogP contribution in [0.15, 0.2) is 24.3 Å². The quantitative estimate of drug-likeness (QED) is 0.747. The number of amides is 2. The molecule has 0 spiro atoms. The highest BCUT2D eigenvalue weighted by molar-refractivity contribution is 6.03. The van der Waals surface area contributed by atoms with E-state index in [1.807, 2.05) is 0 Å². The highest BCUT2D eigenvalue weighted by Crippen LogP contribution is 2.16. The van der Waals surface area contributed by atoms with Gasteiger partial charge in [0.05, 0.1) is 11.3 Å². The van der Waals surface area contributed by atoms with E-state index >= 15 is 0 Å². The highest BCUT2D eigenvalue weighted by atomic mass is 16.2. The second-order valence-electron chi connectivity index (χ2n) is 4.84. The average Bonchev–Trinajstić information content (AvgIpc) is 2.26. The van der Waals surface area contributed by atoms with Crippen molar-refractivity contribution in [3.05, 3.63) is 29.8 Å².